The quantitative estimate of drug-likeness (QED) is 0.567. The van der Waals surface area contributed by atoms with Gasteiger partial charge in [0.1, 0.15) is 12.4 Å². The van der Waals surface area contributed by atoms with E-state index in [2.05, 4.69) is 5.32 Å². The lowest BCUT2D eigenvalue weighted by Crippen LogP contribution is -2.14. The van der Waals surface area contributed by atoms with Crippen LogP contribution in [0.25, 0.3) is 0 Å². The molecule has 28 heavy (non-hydrogen) atoms. The summed E-state index contributed by atoms with van der Waals surface area (Å²) in [5.74, 6) is -0.863. The number of anilines is 1. The van der Waals surface area contributed by atoms with Gasteiger partial charge in [0.2, 0.25) is 5.91 Å². The molecule has 1 amide bonds. The number of carbonyl (C=O) groups is 1. The SMILES string of the molecule is CCC(=O)Nc1cccc(C(F)F)c1COc1ccc(CC)cc1C(F)(F)F. The Kier molecular flexibility index (Phi) is 6.99. The van der Waals surface area contributed by atoms with Crippen molar-refractivity contribution in [1.82, 2.24) is 0 Å². The lowest BCUT2D eigenvalue weighted by Gasteiger charge is -2.18. The van der Waals surface area contributed by atoms with Crippen molar-refractivity contribution in [3.63, 3.8) is 0 Å². The predicted molar refractivity (Wildman–Crippen MR) is 95.5 cm³/mol. The fourth-order valence-electron chi connectivity index (χ4n) is 2.62. The number of nitrogens with one attached hydrogen (secondary N) is 1. The highest BCUT2D eigenvalue weighted by atomic mass is 19.4. The molecule has 0 spiro atoms. The zero-order valence-corrected chi connectivity index (χ0v) is 15.4. The number of hydrogen-bond acceptors (Lipinski definition) is 2. The number of ether oxygens (including phenoxy) is 1. The van der Waals surface area contributed by atoms with Crippen LogP contribution in [0.1, 0.15) is 48.9 Å². The zero-order chi connectivity index (χ0) is 20.9. The van der Waals surface area contributed by atoms with E-state index in [0.717, 1.165) is 12.1 Å². The van der Waals surface area contributed by atoms with Crippen molar-refractivity contribution in [2.75, 3.05) is 5.32 Å². The van der Waals surface area contributed by atoms with E-state index < -0.39 is 42.0 Å². The zero-order valence-electron chi connectivity index (χ0n) is 15.4. The number of hydrogen-bond donors (Lipinski definition) is 1. The van der Waals surface area contributed by atoms with Gasteiger partial charge in [-0.3, -0.25) is 4.79 Å². The number of amides is 1. The van der Waals surface area contributed by atoms with Crippen molar-refractivity contribution < 1.29 is 31.5 Å². The van der Waals surface area contributed by atoms with Gasteiger partial charge in [0.25, 0.3) is 6.43 Å². The van der Waals surface area contributed by atoms with Crippen LogP contribution in [-0.4, -0.2) is 5.91 Å². The molecule has 0 aliphatic carbocycles. The minimum Gasteiger partial charge on any atom is -0.488 e. The van der Waals surface area contributed by atoms with Crippen molar-refractivity contribution in [3.05, 3.63) is 58.7 Å². The summed E-state index contributed by atoms with van der Waals surface area (Å²) in [7, 11) is 0. The predicted octanol–water partition coefficient (Wildman–Crippen LogP) is 6.13. The van der Waals surface area contributed by atoms with Crippen LogP contribution in [0.3, 0.4) is 0 Å². The van der Waals surface area contributed by atoms with Gasteiger partial charge in [0, 0.05) is 23.2 Å². The molecule has 2 aromatic rings. The molecule has 1 N–H and O–H groups in total. The smallest absolute Gasteiger partial charge is 0.419 e. The van der Waals surface area contributed by atoms with Crippen LogP contribution in [0.2, 0.25) is 0 Å². The van der Waals surface area contributed by atoms with E-state index in [9.17, 15) is 26.7 Å². The fraction of sp³-hybridized carbons (Fsp3) is 0.350. The van der Waals surface area contributed by atoms with Crippen LogP contribution in [0.4, 0.5) is 27.6 Å². The molecular weight excluding hydrogens is 381 g/mol. The van der Waals surface area contributed by atoms with E-state index in [0.29, 0.717) is 12.0 Å². The molecule has 0 bridgehead atoms. The van der Waals surface area contributed by atoms with Crippen molar-refractivity contribution in [2.45, 2.75) is 45.9 Å². The van der Waals surface area contributed by atoms with Crippen molar-refractivity contribution in [3.8, 4) is 5.75 Å². The molecule has 0 saturated heterocycles. The maximum Gasteiger partial charge on any atom is 0.419 e. The first kappa shape index (κ1) is 21.7. The average molecular weight is 401 g/mol. The second kappa shape index (κ2) is 9.03. The maximum atomic E-state index is 13.4. The van der Waals surface area contributed by atoms with Gasteiger partial charge in [-0.1, -0.05) is 32.0 Å². The van der Waals surface area contributed by atoms with Crippen molar-refractivity contribution in [2.24, 2.45) is 0 Å². The number of rotatable bonds is 7. The molecule has 0 aliphatic rings. The van der Waals surface area contributed by atoms with Crippen LogP contribution in [0, 0.1) is 0 Å². The van der Waals surface area contributed by atoms with Gasteiger partial charge in [0.05, 0.1) is 5.56 Å². The van der Waals surface area contributed by atoms with E-state index in [4.69, 9.17) is 4.74 Å². The first-order chi connectivity index (χ1) is 13.2. The highest BCUT2D eigenvalue weighted by Crippen LogP contribution is 2.38. The van der Waals surface area contributed by atoms with Gasteiger partial charge in [-0.15, -0.1) is 0 Å². The average Bonchev–Trinajstić information content (AvgIpc) is 2.65. The fourth-order valence-corrected chi connectivity index (χ4v) is 2.62. The molecule has 8 heteroatoms. The van der Waals surface area contributed by atoms with Crippen molar-refractivity contribution >= 4 is 11.6 Å². The summed E-state index contributed by atoms with van der Waals surface area (Å²) in [6.45, 7) is 2.76. The molecule has 0 unspecified atom stereocenters. The molecule has 0 atom stereocenters. The van der Waals surface area contributed by atoms with Gasteiger partial charge in [-0.25, -0.2) is 8.78 Å². The molecule has 0 aliphatic heterocycles. The summed E-state index contributed by atoms with van der Waals surface area (Å²) >= 11 is 0. The van der Waals surface area contributed by atoms with Gasteiger partial charge in [-0.05, 0) is 30.2 Å². The summed E-state index contributed by atoms with van der Waals surface area (Å²) in [6.07, 6.45) is -7.00. The topological polar surface area (TPSA) is 38.3 Å². The Hall–Kier alpha value is -2.64. The molecule has 0 radical (unpaired) electrons. The summed E-state index contributed by atoms with van der Waals surface area (Å²) in [4.78, 5) is 11.7. The van der Waals surface area contributed by atoms with Crippen LogP contribution >= 0.6 is 0 Å². The first-order valence-electron chi connectivity index (χ1n) is 8.70. The Morgan fingerprint density at radius 3 is 2.43 bits per heavy atom. The number of aryl methyl sites for hydroxylation is 1. The summed E-state index contributed by atoms with van der Waals surface area (Å²) in [5.41, 5.74) is -0.882. The summed E-state index contributed by atoms with van der Waals surface area (Å²) < 4.78 is 72.0. The van der Waals surface area contributed by atoms with Crippen LogP contribution in [-0.2, 0) is 24.0 Å². The number of halogens is 5. The maximum absolute atomic E-state index is 13.4. The standard InChI is InChI=1S/C20H20F5NO2/c1-3-12-8-9-17(15(10-12)20(23,24)25)28-11-14-13(19(21)22)6-5-7-16(14)26-18(27)4-2/h5-10,19H,3-4,11H2,1-2H3,(H,26,27). The summed E-state index contributed by atoms with van der Waals surface area (Å²) in [6, 6.07) is 7.54. The largest absolute Gasteiger partial charge is 0.488 e. The Balaban J connectivity index is 2.40. The number of alkyl halides is 5. The Morgan fingerprint density at radius 1 is 1.14 bits per heavy atom. The van der Waals surface area contributed by atoms with Crippen molar-refractivity contribution in [1.29, 1.82) is 0 Å². The normalized spacial score (nSPS) is 11.6. The molecule has 0 heterocycles. The van der Waals surface area contributed by atoms with Gasteiger partial charge in [-0.2, -0.15) is 13.2 Å². The molecule has 0 aromatic heterocycles. The second-order valence-corrected chi connectivity index (χ2v) is 6.05. The van der Waals surface area contributed by atoms with Gasteiger partial charge >= 0.3 is 6.18 Å². The molecule has 0 fully saturated rings. The third kappa shape index (κ3) is 5.21. The van der Waals surface area contributed by atoms with E-state index in [1.54, 1.807) is 13.8 Å². The highest BCUT2D eigenvalue weighted by molar-refractivity contribution is 5.91. The molecule has 2 aromatic carbocycles. The van der Waals surface area contributed by atoms with E-state index >= 15 is 0 Å². The van der Waals surface area contributed by atoms with Crippen LogP contribution in [0.15, 0.2) is 36.4 Å². The highest BCUT2D eigenvalue weighted by Gasteiger charge is 2.34. The van der Waals surface area contributed by atoms with E-state index in [-0.39, 0.29) is 17.7 Å². The second-order valence-electron chi connectivity index (χ2n) is 6.05. The Bertz CT molecular complexity index is 834. The molecule has 0 saturated carbocycles. The third-order valence-electron chi connectivity index (χ3n) is 4.17. The van der Waals surface area contributed by atoms with Gasteiger partial charge in [0.15, 0.2) is 0 Å². The van der Waals surface area contributed by atoms with Crippen LogP contribution in [0.5, 0.6) is 5.75 Å². The van der Waals surface area contributed by atoms with E-state index in [1.807, 2.05) is 0 Å². The molecular formula is C20H20F5NO2. The lowest BCUT2D eigenvalue weighted by atomic mass is 10.1. The molecule has 152 valence electrons. The molecule has 2 rings (SSSR count). The van der Waals surface area contributed by atoms with E-state index in [1.165, 1.54) is 24.3 Å². The molecule has 3 nitrogen and oxygen atoms in total. The number of carbonyl (C=O) groups excluding carboxylic acids is 1. The first-order valence-corrected chi connectivity index (χ1v) is 8.70. The minimum absolute atomic E-state index is 0.0630. The Labute approximate surface area is 159 Å². The van der Waals surface area contributed by atoms with Gasteiger partial charge < -0.3 is 10.1 Å². The lowest BCUT2D eigenvalue weighted by molar-refractivity contribution is -0.139. The number of benzene rings is 2. The van der Waals surface area contributed by atoms with Crippen LogP contribution < -0.4 is 10.1 Å². The Morgan fingerprint density at radius 2 is 1.86 bits per heavy atom. The third-order valence-corrected chi connectivity index (χ3v) is 4.17. The summed E-state index contributed by atoms with van der Waals surface area (Å²) in [5, 5.41) is 2.48. The monoisotopic (exact) mass is 401 g/mol. The minimum atomic E-state index is -4.65.